The summed E-state index contributed by atoms with van der Waals surface area (Å²) in [5.41, 5.74) is 0. The van der Waals surface area contributed by atoms with Crippen molar-refractivity contribution in [1.29, 1.82) is 0 Å². The molecule has 1 saturated heterocycles. The molecule has 1 N–H and O–H groups in total. The molecule has 1 unspecified atom stereocenters. The summed E-state index contributed by atoms with van der Waals surface area (Å²) in [6.45, 7) is 9.79. The fourth-order valence-corrected chi connectivity index (χ4v) is 1.87. The van der Waals surface area contributed by atoms with Crippen LogP contribution in [-0.4, -0.2) is 35.7 Å². The lowest BCUT2D eigenvalue weighted by atomic mass is 9.87. The third-order valence-corrected chi connectivity index (χ3v) is 2.69. The van der Waals surface area contributed by atoms with Crippen LogP contribution in [0.3, 0.4) is 0 Å². The van der Waals surface area contributed by atoms with Crippen LogP contribution in [0.4, 0.5) is 0 Å². The topological polar surface area (TPSA) is 23.5 Å². The smallest absolute Gasteiger partial charge is 0.0615 e. The van der Waals surface area contributed by atoms with Crippen LogP contribution >= 0.6 is 0 Å². The molecule has 1 fully saturated rings. The van der Waals surface area contributed by atoms with Gasteiger partial charge in [0.15, 0.2) is 0 Å². The number of hydrogen-bond acceptors (Lipinski definition) is 2. The Kier molecular flexibility index (Phi) is 3.53. The molecule has 2 heteroatoms. The summed E-state index contributed by atoms with van der Waals surface area (Å²) in [5, 5.41) is 9.71. The molecule has 1 aliphatic rings. The maximum atomic E-state index is 9.71. The second-order valence-electron chi connectivity index (χ2n) is 4.25. The molecule has 0 aromatic carbocycles. The average Bonchev–Trinajstić information content (AvgIpc) is 1.94. The second-order valence-corrected chi connectivity index (χ2v) is 4.25. The largest absolute Gasteiger partial charge is 0.392 e. The highest BCUT2D eigenvalue weighted by Crippen LogP contribution is 2.23. The van der Waals surface area contributed by atoms with Crippen molar-refractivity contribution in [1.82, 2.24) is 4.90 Å². The van der Waals surface area contributed by atoms with Gasteiger partial charge < -0.3 is 10.0 Å². The lowest BCUT2D eigenvalue weighted by Gasteiger charge is -2.42. The zero-order valence-corrected chi connectivity index (χ0v) is 8.45. The predicted molar refractivity (Wildman–Crippen MR) is 51.1 cm³/mol. The van der Waals surface area contributed by atoms with Crippen molar-refractivity contribution in [3.63, 3.8) is 0 Å². The molecule has 0 spiro atoms. The van der Waals surface area contributed by atoms with E-state index in [1.54, 1.807) is 0 Å². The van der Waals surface area contributed by atoms with Crippen LogP contribution in [0.2, 0.25) is 0 Å². The van der Waals surface area contributed by atoms with Gasteiger partial charge in [-0.15, -0.1) is 0 Å². The van der Waals surface area contributed by atoms with Crippen molar-refractivity contribution in [2.45, 2.75) is 33.3 Å². The molecule has 1 rings (SSSR count). The van der Waals surface area contributed by atoms with Crippen molar-refractivity contribution < 1.29 is 5.11 Å². The number of rotatable bonds is 4. The van der Waals surface area contributed by atoms with Crippen LogP contribution < -0.4 is 0 Å². The summed E-state index contributed by atoms with van der Waals surface area (Å²) in [5.74, 6) is 0.954. The predicted octanol–water partition coefficient (Wildman–Crippen LogP) is 1.35. The summed E-state index contributed by atoms with van der Waals surface area (Å²) in [7, 11) is 0. The minimum absolute atomic E-state index is 0.0851. The number of aliphatic hydroxyl groups excluding tert-OH is 1. The van der Waals surface area contributed by atoms with Crippen molar-refractivity contribution in [2.24, 2.45) is 11.8 Å². The number of likely N-dealkylation sites (tertiary alicyclic amines) is 1. The Labute approximate surface area is 75.6 Å². The fraction of sp³-hybridized carbons (Fsp3) is 1.00. The highest BCUT2D eigenvalue weighted by Gasteiger charge is 2.32. The van der Waals surface area contributed by atoms with E-state index in [1.807, 2.05) is 0 Å². The summed E-state index contributed by atoms with van der Waals surface area (Å²) in [6, 6.07) is 0. The Morgan fingerprint density at radius 2 is 2.00 bits per heavy atom. The maximum Gasteiger partial charge on any atom is 0.0615 e. The third-order valence-electron chi connectivity index (χ3n) is 2.69. The lowest BCUT2D eigenvalue weighted by molar-refractivity contribution is -0.0260. The molecule has 0 aromatic heterocycles. The van der Waals surface area contributed by atoms with E-state index in [9.17, 15) is 5.11 Å². The third kappa shape index (κ3) is 2.20. The highest BCUT2D eigenvalue weighted by atomic mass is 16.3. The van der Waals surface area contributed by atoms with E-state index in [4.69, 9.17) is 0 Å². The Bertz CT molecular complexity index is 130. The highest BCUT2D eigenvalue weighted by molar-refractivity contribution is 4.85. The zero-order valence-electron chi connectivity index (χ0n) is 8.45. The SMILES string of the molecule is CCCN1CC(C(O)C(C)C)C1. The normalized spacial score (nSPS) is 22.8. The average molecular weight is 171 g/mol. The first-order chi connectivity index (χ1) is 5.65. The van der Waals surface area contributed by atoms with Crippen molar-refractivity contribution >= 4 is 0 Å². The summed E-state index contributed by atoms with van der Waals surface area (Å²) >= 11 is 0. The molecule has 1 atom stereocenters. The van der Waals surface area contributed by atoms with Crippen LogP contribution in [0, 0.1) is 11.8 Å². The minimum atomic E-state index is -0.0851. The van der Waals surface area contributed by atoms with Gasteiger partial charge in [0.2, 0.25) is 0 Å². The van der Waals surface area contributed by atoms with Gasteiger partial charge >= 0.3 is 0 Å². The van der Waals surface area contributed by atoms with E-state index in [1.165, 1.54) is 13.0 Å². The molecule has 1 heterocycles. The van der Waals surface area contributed by atoms with Crippen molar-refractivity contribution in [3.8, 4) is 0 Å². The van der Waals surface area contributed by atoms with Crippen LogP contribution in [0.5, 0.6) is 0 Å². The van der Waals surface area contributed by atoms with Gasteiger partial charge in [-0.05, 0) is 18.9 Å². The molecule has 0 saturated carbocycles. The molecule has 0 aliphatic carbocycles. The van der Waals surface area contributed by atoms with E-state index in [0.717, 1.165) is 13.1 Å². The minimum Gasteiger partial charge on any atom is -0.392 e. The van der Waals surface area contributed by atoms with Gasteiger partial charge in [0.25, 0.3) is 0 Å². The zero-order chi connectivity index (χ0) is 9.14. The van der Waals surface area contributed by atoms with E-state index in [0.29, 0.717) is 11.8 Å². The summed E-state index contributed by atoms with van der Waals surface area (Å²) in [6.07, 6.45) is 1.14. The standard InChI is InChI=1S/C10H21NO/c1-4-5-11-6-9(7-11)10(12)8(2)3/h8-10,12H,4-7H2,1-3H3. The molecule has 72 valence electrons. The molecule has 0 radical (unpaired) electrons. The van der Waals surface area contributed by atoms with Crippen LogP contribution in [0.25, 0.3) is 0 Å². The lowest BCUT2D eigenvalue weighted by Crippen LogP contribution is -2.53. The maximum absolute atomic E-state index is 9.71. The van der Waals surface area contributed by atoms with Gasteiger partial charge in [-0.3, -0.25) is 0 Å². The fourth-order valence-electron chi connectivity index (χ4n) is 1.87. The van der Waals surface area contributed by atoms with Crippen molar-refractivity contribution in [2.75, 3.05) is 19.6 Å². The molecule has 2 nitrogen and oxygen atoms in total. The Morgan fingerprint density at radius 3 is 2.42 bits per heavy atom. The monoisotopic (exact) mass is 171 g/mol. The van der Waals surface area contributed by atoms with Gasteiger partial charge in [-0.25, -0.2) is 0 Å². The summed E-state index contributed by atoms with van der Waals surface area (Å²) in [4.78, 5) is 2.41. The van der Waals surface area contributed by atoms with Crippen LogP contribution in [0.1, 0.15) is 27.2 Å². The molecule has 0 aromatic rings. The van der Waals surface area contributed by atoms with E-state index >= 15 is 0 Å². The van der Waals surface area contributed by atoms with E-state index in [2.05, 4.69) is 25.7 Å². The molecule has 0 bridgehead atoms. The van der Waals surface area contributed by atoms with Gasteiger partial charge in [0.05, 0.1) is 6.10 Å². The van der Waals surface area contributed by atoms with Gasteiger partial charge in [0, 0.05) is 19.0 Å². The first-order valence-electron chi connectivity index (χ1n) is 5.05. The Hall–Kier alpha value is -0.0800. The second kappa shape index (κ2) is 4.24. The molecule has 1 aliphatic heterocycles. The molecule has 0 amide bonds. The Morgan fingerprint density at radius 1 is 1.42 bits per heavy atom. The molecular formula is C10H21NO. The summed E-state index contributed by atoms with van der Waals surface area (Å²) < 4.78 is 0. The molecular weight excluding hydrogens is 150 g/mol. The molecule has 12 heavy (non-hydrogen) atoms. The Balaban J connectivity index is 2.16. The number of aliphatic hydroxyl groups is 1. The van der Waals surface area contributed by atoms with Gasteiger partial charge in [0.1, 0.15) is 0 Å². The quantitative estimate of drug-likeness (QED) is 0.690. The van der Waals surface area contributed by atoms with Crippen LogP contribution in [0.15, 0.2) is 0 Å². The van der Waals surface area contributed by atoms with Crippen molar-refractivity contribution in [3.05, 3.63) is 0 Å². The number of nitrogens with zero attached hydrogens (tertiary/aromatic N) is 1. The first kappa shape index (κ1) is 10.0. The van der Waals surface area contributed by atoms with Crippen LogP contribution in [-0.2, 0) is 0 Å². The van der Waals surface area contributed by atoms with E-state index < -0.39 is 0 Å². The number of hydrogen-bond donors (Lipinski definition) is 1. The van der Waals surface area contributed by atoms with Gasteiger partial charge in [-0.1, -0.05) is 20.8 Å². The first-order valence-corrected chi connectivity index (χ1v) is 5.05. The van der Waals surface area contributed by atoms with E-state index in [-0.39, 0.29) is 6.10 Å². The van der Waals surface area contributed by atoms with Gasteiger partial charge in [-0.2, -0.15) is 0 Å².